The number of nitrogens with one attached hydrogen (secondary N) is 1. The maximum Gasteiger partial charge on any atom is 0.116 e. The van der Waals surface area contributed by atoms with Crippen LogP contribution in [0, 0.1) is 5.41 Å². The highest BCUT2D eigenvalue weighted by Crippen LogP contribution is 2.39. The molecule has 2 radical (unpaired) electrons. The average molecular weight is 283 g/mol. The zero-order valence-corrected chi connectivity index (χ0v) is 12.6. The van der Waals surface area contributed by atoms with E-state index in [-0.39, 0.29) is 11.5 Å². The van der Waals surface area contributed by atoms with E-state index in [4.69, 9.17) is 19.3 Å². The van der Waals surface area contributed by atoms with Crippen LogP contribution < -0.4 is 22.2 Å². The van der Waals surface area contributed by atoms with E-state index in [1.54, 1.807) is 10.7 Å². The molecule has 1 fully saturated rings. The molecule has 2 heterocycles. The largest absolute Gasteiger partial charge is 0.380 e. The molecule has 3 rings (SSSR count). The van der Waals surface area contributed by atoms with Crippen LogP contribution in [0.3, 0.4) is 0 Å². The van der Waals surface area contributed by atoms with Gasteiger partial charge in [0.15, 0.2) is 0 Å². The van der Waals surface area contributed by atoms with Gasteiger partial charge in [0, 0.05) is 30.4 Å². The number of hydrogen-bond donors (Lipinski definition) is 3. The first kappa shape index (κ1) is 14.4. The van der Waals surface area contributed by atoms with E-state index in [1.807, 2.05) is 12.3 Å². The monoisotopic (exact) mass is 283 g/mol. The molecule has 21 heavy (non-hydrogen) atoms. The van der Waals surface area contributed by atoms with E-state index in [0.717, 1.165) is 29.6 Å². The average Bonchev–Trinajstić information content (AvgIpc) is 2.93. The lowest BCUT2D eigenvalue weighted by molar-refractivity contribution is 0.308. The number of aromatic nitrogens is 2. The van der Waals surface area contributed by atoms with Crippen molar-refractivity contribution in [2.75, 3.05) is 5.32 Å². The molecule has 2 unspecified atom stereocenters. The first-order valence-corrected chi connectivity index (χ1v) is 7.41. The second-order valence-electron chi connectivity index (χ2n) is 6.55. The molecule has 2 atom stereocenters. The maximum atomic E-state index is 6.24. The second kappa shape index (κ2) is 5.03. The van der Waals surface area contributed by atoms with Crippen molar-refractivity contribution in [2.45, 2.75) is 45.3 Å². The first-order valence-electron chi connectivity index (χ1n) is 7.41. The molecule has 5 nitrogen and oxygen atoms in total. The summed E-state index contributed by atoms with van der Waals surface area (Å²) in [6, 6.07) is 2.46. The van der Waals surface area contributed by atoms with E-state index >= 15 is 0 Å². The molecule has 5 N–H and O–H groups in total. The van der Waals surface area contributed by atoms with Crippen LogP contribution in [0.25, 0.3) is 5.52 Å². The first-order chi connectivity index (χ1) is 9.93. The summed E-state index contributed by atoms with van der Waals surface area (Å²) in [5, 5.41) is 8.01. The van der Waals surface area contributed by atoms with Gasteiger partial charge in [0.2, 0.25) is 0 Å². The van der Waals surface area contributed by atoms with E-state index in [2.05, 4.69) is 24.3 Å². The van der Waals surface area contributed by atoms with Gasteiger partial charge in [-0.15, -0.1) is 0 Å². The molecule has 0 saturated heterocycles. The molecule has 1 saturated carbocycles. The second-order valence-corrected chi connectivity index (χ2v) is 6.55. The number of anilines is 1. The van der Waals surface area contributed by atoms with Crippen molar-refractivity contribution in [3.8, 4) is 0 Å². The van der Waals surface area contributed by atoms with Gasteiger partial charge >= 0.3 is 0 Å². The van der Waals surface area contributed by atoms with Crippen LogP contribution >= 0.6 is 0 Å². The highest BCUT2D eigenvalue weighted by atomic mass is 15.2. The zero-order valence-electron chi connectivity index (χ0n) is 12.6. The Bertz CT molecular complexity index is 663. The van der Waals surface area contributed by atoms with Gasteiger partial charge in [-0.2, -0.15) is 5.10 Å². The maximum absolute atomic E-state index is 6.24. The Balaban J connectivity index is 2.03. The molecule has 1 aliphatic carbocycles. The fraction of sp³-hybridized carbons (Fsp3) is 0.533. The third-order valence-corrected chi connectivity index (χ3v) is 4.90. The van der Waals surface area contributed by atoms with Gasteiger partial charge in [0.1, 0.15) is 7.85 Å². The molecular formula is C15H22BN5. The van der Waals surface area contributed by atoms with Gasteiger partial charge in [-0.3, -0.25) is 0 Å². The van der Waals surface area contributed by atoms with Crippen molar-refractivity contribution in [1.29, 1.82) is 0 Å². The van der Waals surface area contributed by atoms with E-state index in [9.17, 15) is 0 Å². The van der Waals surface area contributed by atoms with Gasteiger partial charge in [-0.25, -0.2) is 4.52 Å². The van der Waals surface area contributed by atoms with Gasteiger partial charge in [-0.05, 0) is 24.3 Å². The van der Waals surface area contributed by atoms with E-state index in [0.29, 0.717) is 18.0 Å². The Morgan fingerprint density at radius 3 is 2.86 bits per heavy atom. The normalized spacial score (nSPS) is 24.6. The predicted octanol–water partition coefficient (Wildman–Crippen LogP) is 0.515. The molecule has 6 heteroatoms. The highest BCUT2D eigenvalue weighted by Gasteiger charge is 2.41. The van der Waals surface area contributed by atoms with Crippen molar-refractivity contribution in [3.05, 3.63) is 24.0 Å². The van der Waals surface area contributed by atoms with Crippen molar-refractivity contribution >= 4 is 24.5 Å². The third-order valence-electron chi connectivity index (χ3n) is 4.90. The van der Waals surface area contributed by atoms with E-state index in [1.165, 1.54) is 0 Å². The molecule has 2 aromatic rings. The molecular weight excluding hydrogens is 261 g/mol. The van der Waals surface area contributed by atoms with Crippen LogP contribution in [0.15, 0.2) is 18.5 Å². The summed E-state index contributed by atoms with van der Waals surface area (Å²) in [4.78, 5) is 0. The Kier molecular flexibility index (Phi) is 3.46. The molecule has 0 amide bonds. The Morgan fingerprint density at radius 2 is 2.24 bits per heavy atom. The summed E-state index contributed by atoms with van der Waals surface area (Å²) in [5.74, 6) is 0. The van der Waals surface area contributed by atoms with E-state index < -0.39 is 0 Å². The van der Waals surface area contributed by atoms with Crippen LogP contribution in [0.5, 0.6) is 0 Å². The van der Waals surface area contributed by atoms with Crippen molar-refractivity contribution in [2.24, 2.45) is 16.9 Å². The fourth-order valence-electron chi connectivity index (χ4n) is 3.22. The highest BCUT2D eigenvalue weighted by molar-refractivity contribution is 6.33. The van der Waals surface area contributed by atoms with Crippen molar-refractivity contribution < 1.29 is 0 Å². The minimum atomic E-state index is 0.0459. The molecule has 2 aromatic heterocycles. The molecule has 0 bridgehead atoms. The van der Waals surface area contributed by atoms with Gasteiger partial charge in [0.25, 0.3) is 0 Å². The summed E-state index contributed by atoms with van der Waals surface area (Å²) in [6.45, 7) is 4.88. The molecule has 0 aromatic carbocycles. The summed E-state index contributed by atoms with van der Waals surface area (Å²) >= 11 is 0. The van der Waals surface area contributed by atoms with Gasteiger partial charge in [-0.1, -0.05) is 19.3 Å². The fourth-order valence-corrected chi connectivity index (χ4v) is 3.22. The topological polar surface area (TPSA) is 81.4 Å². The summed E-state index contributed by atoms with van der Waals surface area (Å²) in [5.41, 5.74) is 15.8. The number of nitrogens with two attached hydrogens (primary N) is 2. The lowest BCUT2D eigenvalue weighted by Crippen LogP contribution is -2.42. The molecule has 1 aliphatic rings. The summed E-state index contributed by atoms with van der Waals surface area (Å²) in [6.07, 6.45) is 5.71. The van der Waals surface area contributed by atoms with Crippen LogP contribution in [0.2, 0.25) is 0 Å². The molecule has 0 aliphatic heterocycles. The number of nitrogens with zero attached hydrogens (tertiary/aromatic N) is 2. The van der Waals surface area contributed by atoms with Crippen molar-refractivity contribution in [3.63, 3.8) is 0 Å². The number of fused-ring (bicyclic) bond motifs is 1. The molecule has 110 valence electrons. The lowest BCUT2D eigenvalue weighted by Gasteiger charge is -2.32. The van der Waals surface area contributed by atoms with Gasteiger partial charge < -0.3 is 16.8 Å². The number of rotatable bonds is 3. The summed E-state index contributed by atoms with van der Waals surface area (Å²) in [7, 11) is 5.89. The quantitative estimate of drug-likeness (QED) is 0.717. The minimum Gasteiger partial charge on any atom is -0.380 e. The Labute approximate surface area is 126 Å². The smallest absolute Gasteiger partial charge is 0.116 e. The SMILES string of the molecule is [B]c1cc2c(NC3CCC(N)C3(C)C)c(CN)cnn2c1. The van der Waals surface area contributed by atoms with Crippen LogP contribution in [-0.4, -0.2) is 29.5 Å². The zero-order chi connectivity index (χ0) is 15.2. The predicted molar refractivity (Wildman–Crippen MR) is 86.9 cm³/mol. The Hall–Kier alpha value is -1.53. The number of hydrogen-bond acceptors (Lipinski definition) is 4. The summed E-state index contributed by atoms with van der Waals surface area (Å²) < 4.78 is 1.79. The van der Waals surface area contributed by atoms with Crippen LogP contribution in [-0.2, 0) is 6.54 Å². The third kappa shape index (κ3) is 2.32. The van der Waals surface area contributed by atoms with Crippen LogP contribution in [0.4, 0.5) is 5.69 Å². The standard InChI is InChI=1S/C15H22BN5/c1-15(2)12(18)3-4-13(15)20-14-9(6-17)7-19-21-8-10(16)5-11(14)21/h5,7-8,12-13,20H,3-4,6,17-18H2,1-2H3. The van der Waals surface area contributed by atoms with Crippen LogP contribution in [0.1, 0.15) is 32.3 Å². The minimum absolute atomic E-state index is 0.0459. The Morgan fingerprint density at radius 1 is 1.48 bits per heavy atom. The van der Waals surface area contributed by atoms with Crippen molar-refractivity contribution in [1.82, 2.24) is 9.61 Å². The van der Waals surface area contributed by atoms with Gasteiger partial charge in [0.05, 0.1) is 17.4 Å². The lowest BCUT2D eigenvalue weighted by atomic mass is 9.84. The molecule has 0 spiro atoms.